The molecular weight excluding hydrogens is 521 g/mol. The minimum absolute atomic E-state index is 0.0406. The van der Waals surface area contributed by atoms with Crippen LogP contribution in [0.2, 0.25) is 0 Å². The van der Waals surface area contributed by atoms with E-state index in [0.717, 1.165) is 48.5 Å². The number of imidazole rings is 1. The molecule has 4 aromatic heterocycles. The molecule has 39 heavy (non-hydrogen) atoms. The fourth-order valence-electron chi connectivity index (χ4n) is 5.97. The summed E-state index contributed by atoms with van der Waals surface area (Å²) in [4.78, 5) is 33.9. The van der Waals surface area contributed by atoms with Gasteiger partial charge in [-0.05, 0) is 55.0 Å². The van der Waals surface area contributed by atoms with Gasteiger partial charge in [0, 0.05) is 48.6 Å². The van der Waals surface area contributed by atoms with E-state index in [-0.39, 0.29) is 5.91 Å². The zero-order valence-electron chi connectivity index (χ0n) is 22.8. The molecule has 0 bridgehead atoms. The number of aromatic nitrogens is 4. The lowest BCUT2D eigenvalue weighted by atomic mass is 10.00. The molecule has 0 spiro atoms. The average molecular weight is 549 g/mol. The van der Waals surface area contributed by atoms with Gasteiger partial charge in [0.15, 0.2) is 0 Å². The van der Waals surface area contributed by atoms with Crippen molar-refractivity contribution in [1.82, 2.24) is 19.5 Å². The summed E-state index contributed by atoms with van der Waals surface area (Å²) >= 11 is 3.57. The third-order valence-electron chi connectivity index (χ3n) is 7.58. The molecule has 194 valence electrons. The Morgan fingerprint density at radius 3 is 1.85 bits per heavy atom. The van der Waals surface area contributed by atoms with Crippen LogP contribution in [-0.2, 0) is 0 Å². The molecule has 1 aliphatic heterocycles. The SMILES string of the molecule is Cc1cc(-c2c3nccnc3c(-c3cc(C)c(C(C)C)s3)c3c2nc2n3C(=O)c3ccccc3-2)sc1C(C)C. The zero-order chi connectivity index (χ0) is 27.2. The van der Waals surface area contributed by atoms with E-state index in [2.05, 4.69) is 53.7 Å². The normalized spacial score (nSPS) is 12.9. The first-order chi connectivity index (χ1) is 18.8. The molecule has 0 fully saturated rings. The summed E-state index contributed by atoms with van der Waals surface area (Å²) in [7, 11) is 0. The van der Waals surface area contributed by atoms with Crippen molar-refractivity contribution in [3.8, 4) is 32.3 Å². The van der Waals surface area contributed by atoms with Crippen LogP contribution in [0.1, 0.15) is 70.8 Å². The Bertz CT molecular complexity index is 1970. The standard InChI is InChI=1S/C32H28N4OS2/c1-15(2)29-17(5)13-21(38-29)23-25-26(34-12-11-33-25)24(22-14-18(6)30(39-22)16(3)4)28-27(23)35-31-19-9-7-8-10-20(19)32(37)36(28)31/h7-16H,1-6H3. The highest BCUT2D eigenvalue weighted by atomic mass is 32.1. The van der Waals surface area contributed by atoms with Gasteiger partial charge in [0.2, 0.25) is 0 Å². The van der Waals surface area contributed by atoms with E-state index < -0.39 is 0 Å². The minimum Gasteiger partial charge on any atom is -0.268 e. The number of carbonyl (C=O) groups is 1. The van der Waals surface area contributed by atoms with Gasteiger partial charge in [0.1, 0.15) is 22.4 Å². The average Bonchev–Trinajstić information content (AvgIpc) is 3.66. The quantitative estimate of drug-likeness (QED) is 0.220. The maximum atomic E-state index is 14.0. The third kappa shape index (κ3) is 3.42. The zero-order valence-corrected chi connectivity index (χ0v) is 24.4. The summed E-state index contributed by atoms with van der Waals surface area (Å²) in [5, 5.41) is 0. The number of thiophene rings is 2. The molecule has 5 nitrogen and oxygen atoms in total. The number of hydrogen-bond donors (Lipinski definition) is 0. The van der Waals surface area contributed by atoms with Crippen LogP contribution in [0.5, 0.6) is 0 Å². The maximum Gasteiger partial charge on any atom is 0.264 e. The van der Waals surface area contributed by atoms with Gasteiger partial charge in [-0.25, -0.2) is 4.98 Å². The van der Waals surface area contributed by atoms with Gasteiger partial charge < -0.3 is 0 Å². The topological polar surface area (TPSA) is 60.7 Å². The third-order valence-corrected chi connectivity index (χ3v) is 10.7. The van der Waals surface area contributed by atoms with Gasteiger partial charge in [-0.15, -0.1) is 22.7 Å². The van der Waals surface area contributed by atoms with Gasteiger partial charge in [-0.3, -0.25) is 19.3 Å². The first-order valence-corrected chi connectivity index (χ1v) is 14.9. The molecule has 0 saturated heterocycles. The van der Waals surface area contributed by atoms with Crippen LogP contribution in [0, 0.1) is 13.8 Å². The number of rotatable bonds is 4. The molecule has 0 saturated carbocycles. The number of aryl methyl sites for hydroxylation is 2. The summed E-state index contributed by atoms with van der Waals surface area (Å²) in [6.45, 7) is 13.2. The van der Waals surface area contributed by atoms with Crippen LogP contribution in [0.4, 0.5) is 0 Å². The van der Waals surface area contributed by atoms with Crippen molar-refractivity contribution in [3.63, 3.8) is 0 Å². The number of carbonyl (C=O) groups excluding carboxylic acids is 1. The van der Waals surface area contributed by atoms with E-state index in [1.807, 2.05) is 28.8 Å². The van der Waals surface area contributed by atoms with Gasteiger partial charge in [-0.1, -0.05) is 45.9 Å². The first-order valence-electron chi connectivity index (χ1n) is 13.3. The minimum atomic E-state index is -0.0406. The summed E-state index contributed by atoms with van der Waals surface area (Å²) in [5.41, 5.74) is 9.24. The van der Waals surface area contributed by atoms with E-state index >= 15 is 0 Å². The van der Waals surface area contributed by atoms with Crippen molar-refractivity contribution in [2.45, 2.75) is 53.4 Å². The summed E-state index contributed by atoms with van der Waals surface area (Å²) < 4.78 is 1.82. The highest BCUT2D eigenvalue weighted by Crippen LogP contribution is 2.49. The van der Waals surface area contributed by atoms with Gasteiger partial charge in [-0.2, -0.15) is 0 Å². The van der Waals surface area contributed by atoms with Crippen molar-refractivity contribution >= 4 is 50.6 Å². The van der Waals surface area contributed by atoms with Crippen molar-refractivity contribution in [1.29, 1.82) is 0 Å². The Labute approximate surface area is 235 Å². The van der Waals surface area contributed by atoms with Crippen LogP contribution in [0.15, 0.2) is 48.8 Å². The van der Waals surface area contributed by atoms with E-state index in [9.17, 15) is 4.79 Å². The second-order valence-electron chi connectivity index (χ2n) is 10.9. The Balaban J connectivity index is 1.68. The van der Waals surface area contributed by atoms with Crippen molar-refractivity contribution in [2.75, 3.05) is 0 Å². The van der Waals surface area contributed by atoms with E-state index in [1.165, 1.54) is 20.9 Å². The molecule has 1 aliphatic rings. The number of hydrogen-bond acceptors (Lipinski definition) is 6. The fourth-order valence-corrected chi connectivity index (χ4v) is 8.42. The molecule has 0 N–H and O–H groups in total. The smallest absolute Gasteiger partial charge is 0.264 e. The van der Waals surface area contributed by atoms with Crippen LogP contribution < -0.4 is 0 Å². The Hall–Kier alpha value is -3.68. The van der Waals surface area contributed by atoms with E-state index in [0.29, 0.717) is 23.2 Å². The van der Waals surface area contributed by atoms with E-state index in [4.69, 9.17) is 15.0 Å². The van der Waals surface area contributed by atoms with Gasteiger partial charge in [0.25, 0.3) is 5.91 Å². The predicted molar refractivity (Wildman–Crippen MR) is 162 cm³/mol. The van der Waals surface area contributed by atoms with E-state index in [1.54, 1.807) is 35.1 Å². The second kappa shape index (κ2) is 8.66. The number of fused-ring (bicyclic) bond motifs is 6. The molecule has 2 aromatic carbocycles. The molecule has 0 unspecified atom stereocenters. The molecule has 5 heterocycles. The van der Waals surface area contributed by atoms with Crippen molar-refractivity contribution in [2.24, 2.45) is 0 Å². The lowest BCUT2D eigenvalue weighted by Gasteiger charge is -2.12. The highest BCUT2D eigenvalue weighted by molar-refractivity contribution is 7.16. The lowest BCUT2D eigenvalue weighted by molar-refractivity contribution is 0.0973. The number of benzene rings is 2. The van der Waals surface area contributed by atoms with Crippen LogP contribution >= 0.6 is 22.7 Å². The summed E-state index contributed by atoms with van der Waals surface area (Å²) in [6.07, 6.45) is 3.51. The summed E-state index contributed by atoms with van der Waals surface area (Å²) in [6, 6.07) is 12.3. The van der Waals surface area contributed by atoms with Gasteiger partial charge >= 0.3 is 0 Å². The molecule has 0 aliphatic carbocycles. The lowest BCUT2D eigenvalue weighted by Crippen LogP contribution is -2.07. The largest absolute Gasteiger partial charge is 0.268 e. The maximum absolute atomic E-state index is 14.0. The predicted octanol–water partition coefficient (Wildman–Crippen LogP) is 8.97. The molecule has 7 heteroatoms. The van der Waals surface area contributed by atoms with Crippen LogP contribution in [0.25, 0.3) is 54.3 Å². The second-order valence-corrected chi connectivity index (χ2v) is 13.1. The van der Waals surface area contributed by atoms with Crippen LogP contribution in [-0.4, -0.2) is 25.4 Å². The molecular formula is C32H28N4OS2. The monoisotopic (exact) mass is 548 g/mol. The Morgan fingerprint density at radius 1 is 0.744 bits per heavy atom. The molecule has 6 aromatic rings. The molecule has 0 amide bonds. The molecule has 0 radical (unpaired) electrons. The van der Waals surface area contributed by atoms with Crippen LogP contribution in [0.3, 0.4) is 0 Å². The summed E-state index contributed by atoms with van der Waals surface area (Å²) in [5.74, 6) is 1.47. The Kier molecular flexibility index (Phi) is 5.41. The van der Waals surface area contributed by atoms with Crippen molar-refractivity contribution in [3.05, 3.63) is 75.2 Å². The molecule has 7 rings (SSSR count). The van der Waals surface area contributed by atoms with Crippen molar-refractivity contribution < 1.29 is 4.79 Å². The van der Waals surface area contributed by atoms with Gasteiger partial charge in [0.05, 0.1) is 11.1 Å². The molecule has 0 atom stereocenters. The highest BCUT2D eigenvalue weighted by Gasteiger charge is 2.35. The number of nitrogens with zero attached hydrogens (tertiary/aromatic N) is 4. The fraction of sp³-hybridized carbons (Fsp3) is 0.250. The Morgan fingerprint density at radius 2 is 1.28 bits per heavy atom. The first kappa shape index (κ1) is 24.4.